The molecule has 1 aromatic rings. The summed E-state index contributed by atoms with van der Waals surface area (Å²) in [6.07, 6.45) is -0.744. The standard InChI is InChI=1S/C11H16N2O5S/c1-7(15)10-4-9(13(16)17)11(19-10)12-2-3-18-6-8(12)5-14/h4,7-8,14-15H,2-3,5-6H2,1H3/t7-,8?/m1/s1. The Bertz CT molecular complexity index is 462. The Morgan fingerprint density at radius 2 is 2.47 bits per heavy atom. The molecule has 2 N–H and O–H groups in total. The van der Waals surface area contributed by atoms with Crippen LogP contribution in [0, 0.1) is 10.1 Å². The molecule has 2 heterocycles. The van der Waals surface area contributed by atoms with E-state index in [0.717, 1.165) is 0 Å². The Labute approximate surface area is 114 Å². The third kappa shape index (κ3) is 2.86. The Morgan fingerprint density at radius 1 is 1.74 bits per heavy atom. The summed E-state index contributed by atoms with van der Waals surface area (Å²) in [6, 6.07) is 1.11. The average Bonchev–Trinajstić information content (AvgIpc) is 2.83. The van der Waals surface area contributed by atoms with E-state index in [1.165, 1.54) is 17.4 Å². The van der Waals surface area contributed by atoms with Gasteiger partial charge in [-0.1, -0.05) is 0 Å². The van der Waals surface area contributed by atoms with Crippen molar-refractivity contribution in [3.05, 3.63) is 21.1 Å². The summed E-state index contributed by atoms with van der Waals surface area (Å²) in [5.41, 5.74) is -0.0266. The van der Waals surface area contributed by atoms with Gasteiger partial charge >= 0.3 is 5.69 Å². The number of rotatable bonds is 4. The Morgan fingerprint density at radius 3 is 3.05 bits per heavy atom. The third-order valence-electron chi connectivity index (χ3n) is 3.02. The molecule has 0 radical (unpaired) electrons. The molecule has 2 rings (SSSR count). The molecule has 1 saturated heterocycles. The molecular formula is C11H16N2O5S. The minimum absolute atomic E-state index is 0.0266. The van der Waals surface area contributed by atoms with Gasteiger partial charge in [0.1, 0.15) is 0 Å². The second kappa shape index (κ2) is 5.83. The first-order chi connectivity index (χ1) is 9.04. The van der Waals surface area contributed by atoms with Crippen molar-refractivity contribution in [1.29, 1.82) is 0 Å². The van der Waals surface area contributed by atoms with E-state index in [2.05, 4.69) is 0 Å². The van der Waals surface area contributed by atoms with Gasteiger partial charge in [-0.05, 0) is 6.92 Å². The number of nitro groups is 1. The first kappa shape index (κ1) is 14.2. The molecule has 0 bridgehead atoms. The number of hydrogen-bond acceptors (Lipinski definition) is 7. The zero-order valence-electron chi connectivity index (χ0n) is 10.5. The van der Waals surface area contributed by atoms with Gasteiger partial charge in [0, 0.05) is 17.5 Å². The van der Waals surface area contributed by atoms with Crippen LogP contribution in [0.1, 0.15) is 17.9 Å². The highest BCUT2D eigenvalue weighted by molar-refractivity contribution is 7.16. The second-order valence-corrected chi connectivity index (χ2v) is 5.44. The number of nitrogens with zero attached hydrogens (tertiary/aromatic N) is 2. The lowest BCUT2D eigenvalue weighted by atomic mass is 10.2. The molecule has 2 atom stereocenters. The molecule has 1 unspecified atom stereocenters. The smallest absolute Gasteiger partial charge is 0.304 e. The summed E-state index contributed by atoms with van der Waals surface area (Å²) in [4.78, 5) is 13.0. The molecular weight excluding hydrogens is 272 g/mol. The molecule has 8 heteroatoms. The largest absolute Gasteiger partial charge is 0.394 e. The lowest BCUT2D eigenvalue weighted by Gasteiger charge is -2.34. The maximum Gasteiger partial charge on any atom is 0.304 e. The highest BCUT2D eigenvalue weighted by Crippen LogP contribution is 2.41. The quantitative estimate of drug-likeness (QED) is 0.631. The molecule has 1 aliphatic heterocycles. The van der Waals surface area contributed by atoms with E-state index >= 15 is 0 Å². The maximum atomic E-state index is 11.1. The Kier molecular flexibility index (Phi) is 4.35. The van der Waals surface area contributed by atoms with Gasteiger partial charge in [-0.25, -0.2) is 0 Å². The van der Waals surface area contributed by atoms with E-state index in [4.69, 9.17) is 4.74 Å². The van der Waals surface area contributed by atoms with Gasteiger partial charge in [0.25, 0.3) is 0 Å². The van der Waals surface area contributed by atoms with Gasteiger partial charge in [-0.2, -0.15) is 0 Å². The minimum Gasteiger partial charge on any atom is -0.394 e. The summed E-state index contributed by atoms with van der Waals surface area (Å²) in [5.74, 6) is 0. The fourth-order valence-electron chi connectivity index (χ4n) is 2.01. The van der Waals surface area contributed by atoms with Crippen molar-refractivity contribution in [1.82, 2.24) is 0 Å². The number of aliphatic hydroxyl groups is 2. The van der Waals surface area contributed by atoms with E-state index in [1.54, 1.807) is 11.8 Å². The predicted octanol–water partition coefficient (Wildman–Crippen LogP) is 0.907. The molecule has 0 aromatic carbocycles. The topological polar surface area (TPSA) is 96.1 Å². The van der Waals surface area contributed by atoms with Crippen LogP contribution in [0.4, 0.5) is 10.7 Å². The zero-order valence-corrected chi connectivity index (χ0v) is 11.3. The van der Waals surface area contributed by atoms with Gasteiger partial charge in [-0.3, -0.25) is 10.1 Å². The fourth-order valence-corrected chi connectivity index (χ4v) is 3.17. The van der Waals surface area contributed by atoms with Gasteiger partial charge in [0.05, 0.1) is 36.9 Å². The molecule has 7 nitrogen and oxygen atoms in total. The molecule has 19 heavy (non-hydrogen) atoms. The first-order valence-electron chi connectivity index (χ1n) is 5.96. The van der Waals surface area contributed by atoms with Crippen LogP contribution in [-0.4, -0.2) is 47.5 Å². The molecule has 106 valence electrons. The van der Waals surface area contributed by atoms with Crippen LogP contribution < -0.4 is 4.90 Å². The number of anilines is 1. The third-order valence-corrected chi connectivity index (χ3v) is 4.35. The second-order valence-electron chi connectivity index (χ2n) is 4.38. The molecule has 0 amide bonds. The molecule has 1 aromatic heterocycles. The maximum absolute atomic E-state index is 11.1. The van der Waals surface area contributed by atoms with Gasteiger partial charge in [0.2, 0.25) is 0 Å². The Balaban J connectivity index is 2.38. The molecule has 0 spiro atoms. The van der Waals surface area contributed by atoms with Gasteiger partial charge < -0.3 is 19.8 Å². The van der Waals surface area contributed by atoms with Crippen molar-refractivity contribution in [2.24, 2.45) is 0 Å². The highest BCUT2D eigenvalue weighted by atomic mass is 32.1. The van der Waals surface area contributed by atoms with Crippen LogP contribution in [0.2, 0.25) is 0 Å². The van der Waals surface area contributed by atoms with Crippen molar-refractivity contribution >= 4 is 22.0 Å². The lowest BCUT2D eigenvalue weighted by molar-refractivity contribution is -0.383. The summed E-state index contributed by atoms with van der Waals surface area (Å²) in [6.45, 7) is 2.75. The normalized spacial score (nSPS) is 21.4. The molecule has 0 saturated carbocycles. The number of thiophene rings is 1. The van der Waals surface area contributed by atoms with Crippen molar-refractivity contribution in [2.75, 3.05) is 31.3 Å². The van der Waals surface area contributed by atoms with Crippen LogP contribution in [0.25, 0.3) is 0 Å². The number of hydrogen-bond donors (Lipinski definition) is 2. The van der Waals surface area contributed by atoms with Crippen molar-refractivity contribution in [3.8, 4) is 0 Å². The van der Waals surface area contributed by atoms with Crippen LogP contribution >= 0.6 is 11.3 Å². The SMILES string of the molecule is C[C@@H](O)c1cc([N+](=O)[O-])c(N2CCOCC2CO)s1. The summed E-state index contributed by atoms with van der Waals surface area (Å²) < 4.78 is 5.26. The van der Waals surface area contributed by atoms with Crippen molar-refractivity contribution in [3.63, 3.8) is 0 Å². The van der Waals surface area contributed by atoms with Crippen LogP contribution in [0.15, 0.2) is 6.07 Å². The van der Waals surface area contributed by atoms with E-state index in [0.29, 0.717) is 29.6 Å². The Hall–Kier alpha value is -1.22. The summed E-state index contributed by atoms with van der Waals surface area (Å²) >= 11 is 1.19. The predicted molar refractivity (Wildman–Crippen MR) is 70.6 cm³/mol. The van der Waals surface area contributed by atoms with Crippen LogP contribution in [0.3, 0.4) is 0 Å². The summed E-state index contributed by atoms with van der Waals surface area (Å²) in [5, 5.41) is 30.5. The van der Waals surface area contributed by atoms with E-state index < -0.39 is 11.0 Å². The van der Waals surface area contributed by atoms with Crippen LogP contribution in [-0.2, 0) is 4.74 Å². The van der Waals surface area contributed by atoms with E-state index in [-0.39, 0.29) is 18.3 Å². The zero-order chi connectivity index (χ0) is 14.0. The summed E-state index contributed by atoms with van der Waals surface area (Å²) in [7, 11) is 0. The van der Waals surface area contributed by atoms with Crippen molar-refractivity contribution in [2.45, 2.75) is 19.1 Å². The van der Waals surface area contributed by atoms with Crippen LogP contribution in [0.5, 0.6) is 0 Å². The first-order valence-corrected chi connectivity index (χ1v) is 6.77. The monoisotopic (exact) mass is 288 g/mol. The number of ether oxygens (including phenoxy) is 1. The highest BCUT2D eigenvalue weighted by Gasteiger charge is 2.31. The average molecular weight is 288 g/mol. The minimum atomic E-state index is -0.744. The van der Waals surface area contributed by atoms with Gasteiger partial charge in [-0.15, -0.1) is 11.3 Å². The van der Waals surface area contributed by atoms with E-state index in [9.17, 15) is 20.3 Å². The molecule has 1 fully saturated rings. The lowest BCUT2D eigenvalue weighted by Crippen LogP contribution is -2.47. The fraction of sp³-hybridized carbons (Fsp3) is 0.636. The van der Waals surface area contributed by atoms with Gasteiger partial charge in [0.15, 0.2) is 5.00 Å². The van der Waals surface area contributed by atoms with E-state index in [1.807, 2.05) is 0 Å². The van der Waals surface area contributed by atoms with Crippen molar-refractivity contribution < 1.29 is 19.9 Å². The number of aliphatic hydroxyl groups excluding tert-OH is 2. The molecule has 0 aliphatic carbocycles. The number of morpholine rings is 1. The molecule has 1 aliphatic rings.